The van der Waals surface area contributed by atoms with Gasteiger partial charge in [0.25, 0.3) is 5.91 Å². The van der Waals surface area contributed by atoms with Crippen LogP contribution in [0.3, 0.4) is 0 Å². The number of nitrogens with zero attached hydrogens (tertiary/aromatic N) is 4. The van der Waals surface area contributed by atoms with Gasteiger partial charge in [-0.05, 0) is 49.3 Å². The van der Waals surface area contributed by atoms with Gasteiger partial charge in [0.05, 0.1) is 13.2 Å². The molecule has 1 aromatic carbocycles. The largest absolute Gasteiger partial charge is 0.454 e. The van der Waals surface area contributed by atoms with E-state index in [9.17, 15) is 9.59 Å². The summed E-state index contributed by atoms with van der Waals surface area (Å²) in [6, 6.07) is 6.46. The predicted octanol–water partition coefficient (Wildman–Crippen LogP) is 2.91. The van der Waals surface area contributed by atoms with Gasteiger partial charge in [0.2, 0.25) is 6.79 Å². The van der Waals surface area contributed by atoms with Crippen LogP contribution in [0.25, 0.3) is 0 Å². The maximum atomic E-state index is 13.1. The van der Waals surface area contributed by atoms with Crippen LogP contribution in [0, 0.1) is 0 Å². The Morgan fingerprint density at radius 3 is 2.74 bits per heavy atom. The van der Waals surface area contributed by atoms with Crippen molar-refractivity contribution in [1.29, 1.82) is 0 Å². The summed E-state index contributed by atoms with van der Waals surface area (Å²) in [5, 5.41) is 1.54. The van der Waals surface area contributed by atoms with E-state index in [1.807, 2.05) is 31.9 Å². The average molecular weight is 475 g/mol. The molecular weight excluding hydrogens is 436 g/mol. The molecule has 0 bridgehead atoms. The Bertz CT molecular complexity index is 866. The predicted molar refractivity (Wildman–Crippen MR) is 128 cm³/mol. The second kappa shape index (κ2) is 11.3. The molecule has 0 aromatic heterocycles. The SMILES string of the molecule is CCCON(CCC)C(=O)CN1C[C@H](c2ccc3c(c2)OCO3)C[C@@H]1CCN1CCN(C)C1=O. The molecule has 2 atom stereocenters. The molecule has 0 radical (unpaired) electrons. The summed E-state index contributed by atoms with van der Waals surface area (Å²) in [6.07, 6.45) is 3.50. The van der Waals surface area contributed by atoms with Crippen molar-refractivity contribution in [1.82, 2.24) is 19.8 Å². The molecule has 0 spiro atoms. The van der Waals surface area contributed by atoms with Crippen LogP contribution in [0.1, 0.15) is 51.0 Å². The first-order valence-corrected chi connectivity index (χ1v) is 12.6. The molecule has 3 amide bonds. The summed E-state index contributed by atoms with van der Waals surface area (Å²) in [7, 11) is 1.84. The van der Waals surface area contributed by atoms with E-state index in [2.05, 4.69) is 17.0 Å². The lowest BCUT2D eigenvalue weighted by atomic mass is 9.95. The molecule has 2 fully saturated rings. The molecule has 3 heterocycles. The Labute approximate surface area is 202 Å². The third kappa shape index (κ3) is 5.58. The summed E-state index contributed by atoms with van der Waals surface area (Å²) in [6.45, 7) is 8.84. The van der Waals surface area contributed by atoms with Crippen LogP contribution < -0.4 is 9.47 Å². The number of amides is 3. The van der Waals surface area contributed by atoms with Crippen molar-refractivity contribution in [3.63, 3.8) is 0 Å². The highest BCUT2D eigenvalue weighted by molar-refractivity contribution is 5.77. The molecule has 0 N–H and O–H groups in total. The molecule has 0 aliphatic carbocycles. The maximum Gasteiger partial charge on any atom is 0.319 e. The second-order valence-electron chi connectivity index (χ2n) is 9.44. The average Bonchev–Trinajstić information content (AvgIpc) is 3.54. The third-order valence-electron chi connectivity index (χ3n) is 6.93. The van der Waals surface area contributed by atoms with E-state index in [0.29, 0.717) is 32.2 Å². The topological polar surface area (TPSA) is 74.8 Å². The van der Waals surface area contributed by atoms with Crippen molar-refractivity contribution < 1.29 is 23.9 Å². The zero-order valence-electron chi connectivity index (χ0n) is 20.7. The Kier molecular flexibility index (Phi) is 8.15. The molecule has 4 rings (SSSR count). The maximum absolute atomic E-state index is 13.1. The third-order valence-corrected chi connectivity index (χ3v) is 6.93. The van der Waals surface area contributed by atoms with E-state index < -0.39 is 0 Å². The number of hydroxylamine groups is 2. The number of fused-ring (bicyclic) bond motifs is 1. The van der Waals surface area contributed by atoms with E-state index in [0.717, 1.165) is 56.8 Å². The lowest BCUT2D eigenvalue weighted by Crippen LogP contribution is -2.43. The highest BCUT2D eigenvalue weighted by Crippen LogP contribution is 2.39. The first kappa shape index (κ1) is 24.6. The molecular formula is C25H38N4O5. The van der Waals surface area contributed by atoms with Crippen molar-refractivity contribution in [2.75, 3.05) is 59.7 Å². The number of hydrogen-bond donors (Lipinski definition) is 0. The van der Waals surface area contributed by atoms with Crippen molar-refractivity contribution >= 4 is 11.9 Å². The summed E-state index contributed by atoms with van der Waals surface area (Å²) in [5.74, 6) is 1.87. The smallest absolute Gasteiger partial charge is 0.319 e. The van der Waals surface area contributed by atoms with Crippen LogP contribution in [-0.4, -0.2) is 97.5 Å². The quantitative estimate of drug-likeness (QED) is 0.459. The lowest BCUT2D eigenvalue weighted by Gasteiger charge is -2.28. The van der Waals surface area contributed by atoms with Crippen molar-refractivity contribution in [3.8, 4) is 11.5 Å². The fourth-order valence-corrected chi connectivity index (χ4v) is 5.02. The molecule has 3 aliphatic heterocycles. The van der Waals surface area contributed by atoms with Crippen LogP contribution in [0.4, 0.5) is 4.79 Å². The Balaban J connectivity index is 1.45. The second-order valence-corrected chi connectivity index (χ2v) is 9.44. The first-order valence-electron chi connectivity index (χ1n) is 12.6. The number of rotatable bonds is 11. The normalized spacial score (nSPS) is 22.1. The van der Waals surface area contributed by atoms with Gasteiger partial charge in [0.15, 0.2) is 11.5 Å². The number of urea groups is 1. The van der Waals surface area contributed by atoms with Crippen molar-refractivity contribution in [2.24, 2.45) is 0 Å². The summed E-state index contributed by atoms with van der Waals surface area (Å²) in [4.78, 5) is 37.2. The number of benzene rings is 1. The molecule has 188 valence electrons. The van der Waals surface area contributed by atoms with Gasteiger partial charge < -0.3 is 19.3 Å². The van der Waals surface area contributed by atoms with Gasteiger partial charge in [0.1, 0.15) is 0 Å². The van der Waals surface area contributed by atoms with E-state index in [-0.39, 0.29) is 24.8 Å². The standard InChI is InChI=1S/C25H38N4O5/c1-4-9-29(34-13-5-2)24(30)17-28-16-20(19-6-7-22-23(15-19)33-18-32-22)14-21(28)8-10-27-12-11-26(3)25(27)31/h6-7,15,20-21H,4-5,8-14,16-18H2,1-3H3/t20-,21+/m1/s1. The van der Waals surface area contributed by atoms with Gasteiger partial charge in [-0.3, -0.25) is 14.5 Å². The summed E-state index contributed by atoms with van der Waals surface area (Å²) >= 11 is 0. The van der Waals surface area contributed by atoms with Gasteiger partial charge >= 0.3 is 6.03 Å². The molecule has 34 heavy (non-hydrogen) atoms. The van der Waals surface area contributed by atoms with Gasteiger partial charge in [-0.15, -0.1) is 0 Å². The molecule has 0 saturated carbocycles. The number of carbonyl (C=O) groups excluding carboxylic acids is 2. The Morgan fingerprint density at radius 2 is 2.00 bits per heavy atom. The minimum Gasteiger partial charge on any atom is -0.454 e. The van der Waals surface area contributed by atoms with Crippen LogP contribution >= 0.6 is 0 Å². The molecule has 2 saturated heterocycles. The zero-order chi connectivity index (χ0) is 24.1. The highest BCUT2D eigenvalue weighted by atomic mass is 16.7. The van der Waals surface area contributed by atoms with E-state index in [1.165, 1.54) is 10.6 Å². The summed E-state index contributed by atoms with van der Waals surface area (Å²) in [5.41, 5.74) is 1.20. The number of ether oxygens (including phenoxy) is 2. The van der Waals surface area contributed by atoms with Gasteiger partial charge in [-0.2, -0.15) is 0 Å². The number of likely N-dealkylation sites (N-methyl/N-ethyl adjacent to an activating group) is 1. The van der Waals surface area contributed by atoms with Crippen LogP contribution in [0.2, 0.25) is 0 Å². The number of carbonyl (C=O) groups is 2. The van der Waals surface area contributed by atoms with Gasteiger partial charge in [-0.25, -0.2) is 9.86 Å². The minimum atomic E-state index is 0.00335. The lowest BCUT2D eigenvalue weighted by molar-refractivity contribution is -0.188. The first-order chi connectivity index (χ1) is 16.5. The minimum absolute atomic E-state index is 0.00335. The van der Waals surface area contributed by atoms with Gasteiger partial charge in [-0.1, -0.05) is 19.9 Å². The Morgan fingerprint density at radius 1 is 1.18 bits per heavy atom. The molecule has 9 heteroatoms. The van der Waals surface area contributed by atoms with Crippen molar-refractivity contribution in [3.05, 3.63) is 23.8 Å². The van der Waals surface area contributed by atoms with E-state index in [4.69, 9.17) is 14.3 Å². The summed E-state index contributed by atoms with van der Waals surface area (Å²) < 4.78 is 11.1. The molecule has 1 aromatic rings. The van der Waals surface area contributed by atoms with Crippen LogP contribution in [0.5, 0.6) is 11.5 Å². The van der Waals surface area contributed by atoms with Gasteiger partial charge in [0, 0.05) is 45.8 Å². The number of likely N-dealkylation sites (tertiary alicyclic amines) is 1. The molecule has 9 nitrogen and oxygen atoms in total. The molecule has 3 aliphatic rings. The fraction of sp³-hybridized carbons (Fsp3) is 0.680. The molecule has 0 unspecified atom stereocenters. The van der Waals surface area contributed by atoms with Crippen LogP contribution in [-0.2, 0) is 9.63 Å². The van der Waals surface area contributed by atoms with Crippen molar-refractivity contribution in [2.45, 2.75) is 51.5 Å². The van der Waals surface area contributed by atoms with E-state index >= 15 is 0 Å². The highest BCUT2D eigenvalue weighted by Gasteiger charge is 2.36. The van der Waals surface area contributed by atoms with Crippen LogP contribution in [0.15, 0.2) is 18.2 Å². The monoisotopic (exact) mass is 474 g/mol. The zero-order valence-corrected chi connectivity index (χ0v) is 20.7. The van der Waals surface area contributed by atoms with E-state index in [1.54, 1.807) is 4.90 Å². The Hall–Kier alpha value is -2.52. The number of hydrogen-bond acceptors (Lipinski definition) is 6. The fourth-order valence-electron chi connectivity index (χ4n) is 5.02.